The molecule has 0 aliphatic rings. The number of benzene rings is 2. The van der Waals surface area contributed by atoms with Crippen molar-refractivity contribution in [2.75, 3.05) is 5.43 Å². The molecule has 7 heteroatoms. The molecule has 2 rings (SSSR count). The molecule has 0 aliphatic carbocycles. The Morgan fingerprint density at radius 1 is 1.05 bits per heavy atom. The highest BCUT2D eigenvalue weighted by atomic mass is 35.5. The zero-order valence-corrected chi connectivity index (χ0v) is 13.0. The van der Waals surface area contributed by atoms with Gasteiger partial charge in [-0.15, -0.1) is 0 Å². The fourth-order valence-corrected chi connectivity index (χ4v) is 2.04. The minimum Gasteiger partial charge on any atom is -0.299 e. The second-order valence-corrected chi connectivity index (χ2v) is 5.28. The number of thiocarbonyl (C=S) groups is 1. The van der Waals surface area contributed by atoms with E-state index >= 15 is 0 Å². The van der Waals surface area contributed by atoms with E-state index in [4.69, 9.17) is 35.4 Å². The molecule has 0 fully saturated rings. The number of hydrogen-bond acceptors (Lipinski definition) is 3. The van der Waals surface area contributed by atoms with Crippen LogP contribution in [-0.4, -0.2) is 11.0 Å². The molecule has 0 aliphatic heterocycles. The first-order valence-corrected chi connectivity index (χ1v) is 7.10. The van der Waals surface area contributed by atoms with Crippen LogP contribution in [0.25, 0.3) is 0 Å². The van der Waals surface area contributed by atoms with Crippen LogP contribution in [0.15, 0.2) is 48.5 Å². The fourth-order valence-electron chi connectivity index (χ4n) is 1.52. The van der Waals surface area contributed by atoms with Gasteiger partial charge in [0.15, 0.2) is 5.11 Å². The summed E-state index contributed by atoms with van der Waals surface area (Å²) >= 11 is 16.8. The first-order chi connectivity index (χ1) is 10.1. The number of nitrogens with one attached hydrogen (secondary N) is 3. The van der Waals surface area contributed by atoms with Crippen molar-refractivity contribution in [3.05, 3.63) is 64.1 Å². The quantitative estimate of drug-likeness (QED) is 0.590. The standard InChI is InChI=1S/C14H11Cl2N3OS/c15-9-6-7-12(16)11(8-9)13(20)17-14(21)19-18-10-4-2-1-3-5-10/h1-8,18H,(H2,17,19,20,21). The molecule has 0 heterocycles. The van der Waals surface area contributed by atoms with Gasteiger partial charge in [-0.05, 0) is 42.5 Å². The molecule has 0 saturated carbocycles. The van der Waals surface area contributed by atoms with Gasteiger partial charge in [-0.2, -0.15) is 0 Å². The summed E-state index contributed by atoms with van der Waals surface area (Å²) < 4.78 is 0. The number of amides is 1. The van der Waals surface area contributed by atoms with E-state index in [1.54, 1.807) is 12.1 Å². The maximum atomic E-state index is 12.0. The zero-order chi connectivity index (χ0) is 15.2. The third-order valence-electron chi connectivity index (χ3n) is 2.49. The minimum atomic E-state index is -0.435. The number of halogens is 2. The zero-order valence-electron chi connectivity index (χ0n) is 10.7. The third-order valence-corrected chi connectivity index (χ3v) is 3.26. The molecule has 0 unspecified atom stereocenters. The lowest BCUT2D eigenvalue weighted by Crippen LogP contribution is -2.42. The molecule has 4 nitrogen and oxygen atoms in total. The van der Waals surface area contributed by atoms with Crippen LogP contribution in [0.2, 0.25) is 10.0 Å². The van der Waals surface area contributed by atoms with Gasteiger partial charge in [0.2, 0.25) is 0 Å². The lowest BCUT2D eigenvalue weighted by molar-refractivity contribution is 0.0977. The molecule has 3 N–H and O–H groups in total. The van der Waals surface area contributed by atoms with Crippen LogP contribution in [0.4, 0.5) is 5.69 Å². The summed E-state index contributed by atoms with van der Waals surface area (Å²) in [5.74, 6) is -0.435. The summed E-state index contributed by atoms with van der Waals surface area (Å²) in [7, 11) is 0. The fraction of sp³-hybridized carbons (Fsp3) is 0. The Labute approximate surface area is 137 Å². The van der Waals surface area contributed by atoms with Crippen LogP contribution < -0.4 is 16.2 Å². The van der Waals surface area contributed by atoms with Crippen LogP contribution in [0.3, 0.4) is 0 Å². The Bertz CT molecular complexity index is 665. The number of anilines is 1. The molecular weight excluding hydrogens is 329 g/mol. The van der Waals surface area contributed by atoms with Crippen LogP contribution in [0.1, 0.15) is 10.4 Å². The van der Waals surface area contributed by atoms with Gasteiger partial charge in [-0.1, -0.05) is 41.4 Å². The number of carbonyl (C=O) groups excluding carboxylic acids is 1. The normalized spacial score (nSPS) is 9.81. The largest absolute Gasteiger partial charge is 0.299 e. The van der Waals surface area contributed by atoms with E-state index in [1.807, 2.05) is 30.3 Å². The third kappa shape index (κ3) is 4.60. The number of hydrazine groups is 1. The number of carbonyl (C=O) groups is 1. The van der Waals surface area contributed by atoms with Gasteiger partial charge in [0, 0.05) is 5.02 Å². The van der Waals surface area contributed by atoms with Crippen molar-refractivity contribution in [1.82, 2.24) is 10.7 Å². The van der Waals surface area contributed by atoms with Gasteiger partial charge in [-0.3, -0.25) is 21.0 Å². The molecule has 0 saturated heterocycles. The smallest absolute Gasteiger partial charge is 0.259 e. The van der Waals surface area contributed by atoms with E-state index in [0.29, 0.717) is 10.0 Å². The first-order valence-electron chi connectivity index (χ1n) is 5.93. The summed E-state index contributed by atoms with van der Waals surface area (Å²) in [6, 6.07) is 14.0. The van der Waals surface area contributed by atoms with Crippen LogP contribution in [0.5, 0.6) is 0 Å². The van der Waals surface area contributed by atoms with Gasteiger partial charge >= 0.3 is 0 Å². The van der Waals surface area contributed by atoms with Gasteiger partial charge in [0.1, 0.15) is 0 Å². The van der Waals surface area contributed by atoms with E-state index < -0.39 is 5.91 Å². The summed E-state index contributed by atoms with van der Waals surface area (Å²) in [6.45, 7) is 0. The number of para-hydroxylation sites is 1. The molecule has 0 spiro atoms. The van der Waals surface area contributed by atoms with Crippen molar-refractivity contribution in [2.45, 2.75) is 0 Å². The van der Waals surface area contributed by atoms with Crippen LogP contribution in [0, 0.1) is 0 Å². The summed E-state index contributed by atoms with van der Waals surface area (Å²) in [4.78, 5) is 12.0. The molecule has 0 atom stereocenters. The van der Waals surface area contributed by atoms with E-state index in [0.717, 1.165) is 5.69 Å². The second-order valence-electron chi connectivity index (χ2n) is 4.02. The van der Waals surface area contributed by atoms with Crippen molar-refractivity contribution in [1.29, 1.82) is 0 Å². The average molecular weight is 340 g/mol. The van der Waals surface area contributed by atoms with Crippen molar-refractivity contribution < 1.29 is 4.79 Å². The lowest BCUT2D eigenvalue weighted by Gasteiger charge is -2.12. The molecule has 0 aromatic heterocycles. The first kappa shape index (κ1) is 15.6. The summed E-state index contributed by atoms with van der Waals surface area (Å²) in [5, 5.41) is 3.36. The molecule has 108 valence electrons. The molecule has 21 heavy (non-hydrogen) atoms. The highest BCUT2D eigenvalue weighted by molar-refractivity contribution is 7.80. The summed E-state index contributed by atoms with van der Waals surface area (Å²) in [5.41, 5.74) is 6.64. The predicted molar refractivity (Wildman–Crippen MR) is 89.7 cm³/mol. The summed E-state index contributed by atoms with van der Waals surface area (Å²) in [6.07, 6.45) is 0. The molecule has 1 amide bonds. The van der Waals surface area contributed by atoms with Gasteiger partial charge in [0.05, 0.1) is 16.3 Å². The Morgan fingerprint density at radius 2 is 1.76 bits per heavy atom. The average Bonchev–Trinajstić information content (AvgIpc) is 2.48. The van der Waals surface area contributed by atoms with Crippen molar-refractivity contribution in [2.24, 2.45) is 0 Å². The minimum absolute atomic E-state index is 0.125. The number of hydrogen-bond donors (Lipinski definition) is 3. The van der Waals surface area contributed by atoms with E-state index in [2.05, 4.69) is 16.2 Å². The maximum Gasteiger partial charge on any atom is 0.259 e. The van der Waals surface area contributed by atoms with Gasteiger partial charge in [-0.25, -0.2) is 0 Å². The molecule has 2 aromatic rings. The van der Waals surface area contributed by atoms with E-state index in [-0.39, 0.29) is 10.7 Å². The van der Waals surface area contributed by atoms with Crippen LogP contribution in [-0.2, 0) is 0 Å². The highest BCUT2D eigenvalue weighted by Crippen LogP contribution is 2.20. The molecule has 2 aromatic carbocycles. The monoisotopic (exact) mass is 339 g/mol. The van der Waals surface area contributed by atoms with E-state index in [9.17, 15) is 4.79 Å². The Balaban J connectivity index is 1.93. The molecule has 0 radical (unpaired) electrons. The predicted octanol–water partition coefficient (Wildman–Crippen LogP) is 3.62. The lowest BCUT2D eigenvalue weighted by atomic mass is 10.2. The number of rotatable bonds is 3. The van der Waals surface area contributed by atoms with Crippen molar-refractivity contribution in [3.63, 3.8) is 0 Å². The Kier molecular flexibility index (Phi) is 5.38. The van der Waals surface area contributed by atoms with E-state index in [1.165, 1.54) is 6.07 Å². The van der Waals surface area contributed by atoms with Gasteiger partial charge < -0.3 is 0 Å². The van der Waals surface area contributed by atoms with Crippen molar-refractivity contribution in [3.8, 4) is 0 Å². The highest BCUT2D eigenvalue weighted by Gasteiger charge is 2.12. The maximum absolute atomic E-state index is 12.0. The molecular formula is C14H11Cl2N3OS. The second kappa shape index (κ2) is 7.26. The van der Waals surface area contributed by atoms with Crippen molar-refractivity contribution >= 4 is 52.1 Å². The van der Waals surface area contributed by atoms with Crippen LogP contribution >= 0.6 is 35.4 Å². The topological polar surface area (TPSA) is 53.2 Å². The SMILES string of the molecule is O=C(NC(=S)NNc1ccccc1)c1cc(Cl)ccc1Cl. The Hall–Kier alpha value is -1.82. The Morgan fingerprint density at radius 3 is 2.48 bits per heavy atom. The van der Waals surface area contributed by atoms with Gasteiger partial charge in [0.25, 0.3) is 5.91 Å². The molecule has 0 bridgehead atoms.